The maximum atomic E-state index is 13.6. The first-order chi connectivity index (χ1) is 14.7. The molecule has 0 aromatic carbocycles. The van der Waals surface area contributed by atoms with Crippen molar-refractivity contribution >= 4 is 51.7 Å². The molecule has 0 N–H and O–H groups in total. The van der Waals surface area contributed by atoms with Gasteiger partial charge in [0.25, 0.3) is 11.5 Å². The molecule has 4 rings (SSSR count). The van der Waals surface area contributed by atoms with Crippen LogP contribution >= 0.6 is 24.0 Å². The number of amides is 1. The minimum atomic E-state index is -0.163. The Bertz CT molecular complexity index is 1140. The molecule has 2 unspecified atom stereocenters. The first-order valence-electron chi connectivity index (χ1n) is 10.7. The molecule has 4 heterocycles. The number of rotatable bonds is 3. The van der Waals surface area contributed by atoms with E-state index in [1.165, 1.54) is 11.8 Å². The molecule has 6 nitrogen and oxygen atoms in total. The summed E-state index contributed by atoms with van der Waals surface area (Å²) in [6, 6.07) is 3.81. The highest BCUT2D eigenvalue weighted by Crippen LogP contribution is 2.35. The van der Waals surface area contributed by atoms with Crippen LogP contribution in [0.2, 0.25) is 0 Å². The summed E-state index contributed by atoms with van der Waals surface area (Å²) in [6.07, 6.45) is 4.66. The molecule has 2 aromatic heterocycles. The van der Waals surface area contributed by atoms with Gasteiger partial charge in [0, 0.05) is 25.3 Å². The normalized spacial score (nSPS) is 23.6. The zero-order chi connectivity index (χ0) is 22.4. The summed E-state index contributed by atoms with van der Waals surface area (Å²) in [5, 5.41) is 0. The summed E-state index contributed by atoms with van der Waals surface area (Å²) < 4.78 is 2.10. The Labute approximate surface area is 192 Å². The lowest BCUT2D eigenvalue weighted by atomic mass is 9.91. The molecule has 2 fully saturated rings. The van der Waals surface area contributed by atoms with Crippen LogP contribution in [0, 0.1) is 18.8 Å². The Morgan fingerprint density at radius 3 is 2.48 bits per heavy atom. The summed E-state index contributed by atoms with van der Waals surface area (Å²) in [5.74, 6) is 1.52. The van der Waals surface area contributed by atoms with Crippen molar-refractivity contribution in [3.63, 3.8) is 0 Å². The van der Waals surface area contributed by atoms with E-state index in [1.54, 1.807) is 21.6 Å². The lowest BCUT2D eigenvalue weighted by molar-refractivity contribution is -0.123. The number of thioether (sulfide) groups is 1. The zero-order valence-electron chi connectivity index (χ0n) is 18.6. The molecule has 0 aliphatic carbocycles. The van der Waals surface area contributed by atoms with Crippen molar-refractivity contribution in [2.24, 2.45) is 11.8 Å². The Morgan fingerprint density at radius 1 is 1.19 bits per heavy atom. The number of nitrogens with zero attached hydrogens (tertiary/aromatic N) is 4. The largest absolute Gasteiger partial charge is 0.355 e. The van der Waals surface area contributed by atoms with Gasteiger partial charge >= 0.3 is 0 Å². The van der Waals surface area contributed by atoms with Crippen LogP contribution in [-0.2, 0) is 4.79 Å². The highest BCUT2D eigenvalue weighted by Gasteiger charge is 2.35. The molecular weight excluding hydrogens is 428 g/mol. The predicted molar refractivity (Wildman–Crippen MR) is 132 cm³/mol. The Kier molecular flexibility index (Phi) is 5.96. The Morgan fingerprint density at radius 2 is 1.87 bits per heavy atom. The molecule has 2 aromatic rings. The van der Waals surface area contributed by atoms with Crippen molar-refractivity contribution in [1.82, 2.24) is 14.3 Å². The monoisotopic (exact) mass is 456 g/mol. The van der Waals surface area contributed by atoms with Crippen molar-refractivity contribution in [2.45, 2.75) is 47.1 Å². The number of carbonyl (C=O) groups excluding carboxylic acids is 1. The number of thiocarbonyl (C=S) groups is 1. The average Bonchev–Trinajstić information content (AvgIpc) is 2.96. The highest BCUT2D eigenvalue weighted by molar-refractivity contribution is 8.26. The van der Waals surface area contributed by atoms with Crippen LogP contribution in [0.5, 0.6) is 0 Å². The van der Waals surface area contributed by atoms with E-state index in [2.05, 4.69) is 18.7 Å². The molecule has 0 bridgehead atoms. The molecular formula is C23H28N4O2S2. The van der Waals surface area contributed by atoms with Gasteiger partial charge in [-0.1, -0.05) is 43.9 Å². The molecule has 164 valence electrons. The van der Waals surface area contributed by atoms with E-state index < -0.39 is 0 Å². The second-order valence-electron chi connectivity index (χ2n) is 9.09. The van der Waals surface area contributed by atoms with Crippen molar-refractivity contribution in [2.75, 3.05) is 18.0 Å². The molecule has 0 spiro atoms. The standard InChI is InChI=1S/C23H28N4O2S2/c1-13(2)27-22(29)18(31-23(27)30)9-17-20(25-10-15(4)8-16(5)11-25)24-19-7-6-14(3)12-26(19)21(17)28/h6-7,9,12-13,15-16H,8,10-11H2,1-5H3/b18-9-. The minimum Gasteiger partial charge on any atom is -0.355 e. The van der Waals surface area contributed by atoms with Crippen LogP contribution < -0.4 is 10.5 Å². The number of fused-ring (bicyclic) bond motifs is 1. The predicted octanol–water partition coefficient (Wildman–Crippen LogP) is 4.09. The number of piperidine rings is 1. The second kappa shape index (κ2) is 8.39. The number of anilines is 1. The van der Waals surface area contributed by atoms with E-state index in [0.29, 0.717) is 38.1 Å². The van der Waals surface area contributed by atoms with Gasteiger partial charge in [0.1, 0.15) is 15.8 Å². The third-order valence-electron chi connectivity index (χ3n) is 5.77. The van der Waals surface area contributed by atoms with Gasteiger partial charge in [0.15, 0.2) is 0 Å². The summed E-state index contributed by atoms with van der Waals surface area (Å²) in [7, 11) is 0. The van der Waals surface area contributed by atoms with Crippen molar-refractivity contribution < 1.29 is 4.79 Å². The smallest absolute Gasteiger partial charge is 0.267 e. The lowest BCUT2D eigenvalue weighted by Gasteiger charge is -2.36. The topological polar surface area (TPSA) is 57.9 Å². The molecule has 2 aliphatic rings. The molecule has 0 radical (unpaired) electrons. The first-order valence-corrected chi connectivity index (χ1v) is 11.9. The highest BCUT2D eigenvalue weighted by atomic mass is 32.2. The number of hydrogen-bond acceptors (Lipinski definition) is 6. The molecule has 0 saturated carbocycles. The van der Waals surface area contributed by atoms with Gasteiger partial charge in [-0.3, -0.25) is 18.9 Å². The van der Waals surface area contributed by atoms with Crippen LogP contribution in [-0.4, -0.2) is 43.6 Å². The van der Waals surface area contributed by atoms with Gasteiger partial charge in [0.2, 0.25) is 0 Å². The summed E-state index contributed by atoms with van der Waals surface area (Å²) in [6.45, 7) is 12.0. The first kappa shape index (κ1) is 22.0. The van der Waals surface area contributed by atoms with Crippen LogP contribution in [0.4, 0.5) is 5.82 Å². The summed E-state index contributed by atoms with van der Waals surface area (Å²) in [4.78, 5) is 35.7. The summed E-state index contributed by atoms with van der Waals surface area (Å²) >= 11 is 6.67. The maximum absolute atomic E-state index is 13.6. The maximum Gasteiger partial charge on any atom is 0.267 e. The van der Waals surface area contributed by atoms with Gasteiger partial charge < -0.3 is 4.90 Å². The van der Waals surface area contributed by atoms with E-state index in [0.717, 1.165) is 25.1 Å². The van der Waals surface area contributed by atoms with E-state index in [9.17, 15) is 9.59 Å². The second-order valence-corrected chi connectivity index (χ2v) is 10.8. The zero-order valence-corrected chi connectivity index (χ0v) is 20.2. The quantitative estimate of drug-likeness (QED) is 0.512. The van der Waals surface area contributed by atoms with E-state index >= 15 is 0 Å². The number of hydrogen-bond donors (Lipinski definition) is 0. The third-order valence-corrected chi connectivity index (χ3v) is 7.10. The van der Waals surface area contributed by atoms with E-state index in [1.807, 2.05) is 32.9 Å². The van der Waals surface area contributed by atoms with Gasteiger partial charge in [0.05, 0.1) is 10.5 Å². The summed E-state index contributed by atoms with van der Waals surface area (Å²) in [5.41, 5.74) is 1.88. The fourth-order valence-corrected chi connectivity index (χ4v) is 6.01. The average molecular weight is 457 g/mol. The molecule has 8 heteroatoms. The van der Waals surface area contributed by atoms with Crippen molar-refractivity contribution in [3.8, 4) is 0 Å². The fraction of sp³-hybridized carbons (Fsp3) is 0.478. The van der Waals surface area contributed by atoms with Crippen molar-refractivity contribution in [3.05, 3.63) is 44.7 Å². The van der Waals surface area contributed by atoms with Crippen LogP contribution in [0.15, 0.2) is 28.0 Å². The third kappa shape index (κ3) is 4.15. The van der Waals surface area contributed by atoms with Crippen molar-refractivity contribution in [1.29, 1.82) is 0 Å². The molecule has 2 saturated heterocycles. The molecule has 1 amide bonds. The Hall–Kier alpha value is -2.19. The number of aromatic nitrogens is 2. The SMILES string of the molecule is Cc1ccc2nc(N3CC(C)CC(C)C3)c(/C=C3\SC(=S)N(C(C)C)C3=O)c(=O)n2c1. The number of carbonyl (C=O) groups is 1. The van der Waals surface area contributed by atoms with Crippen LogP contribution in [0.3, 0.4) is 0 Å². The molecule has 2 aliphatic heterocycles. The van der Waals surface area contributed by atoms with Gasteiger partial charge in [-0.25, -0.2) is 4.98 Å². The van der Waals surface area contributed by atoms with Gasteiger partial charge in [-0.05, 0) is 56.7 Å². The Balaban J connectivity index is 1.90. The minimum absolute atomic E-state index is 0.0276. The fourth-order valence-electron chi connectivity index (χ4n) is 4.51. The van der Waals surface area contributed by atoms with Gasteiger partial charge in [-0.15, -0.1) is 0 Å². The van der Waals surface area contributed by atoms with Crippen LogP contribution in [0.25, 0.3) is 11.7 Å². The number of aryl methyl sites for hydroxylation is 1. The van der Waals surface area contributed by atoms with Crippen LogP contribution in [0.1, 0.15) is 45.2 Å². The molecule has 31 heavy (non-hydrogen) atoms. The van der Waals surface area contributed by atoms with Gasteiger partial charge in [-0.2, -0.15) is 0 Å². The molecule has 2 atom stereocenters. The lowest BCUT2D eigenvalue weighted by Crippen LogP contribution is -2.40. The van der Waals surface area contributed by atoms with E-state index in [4.69, 9.17) is 17.2 Å². The number of pyridine rings is 1. The van der Waals surface area contributed by atoms with E-state index in [-0.39, 0.29) is 17.5 Å².